The molecule has 4 nitrogen and oxygen atoms in total. The molecule has 1 N–H and O–H groups in total. The molecule has 0 aliphatic rings. The van der Waals surface area contributed by atoms with Crippen molar-refractivity contribution in [3.8, 4) is 11.5 Å². The van der Waals surface area contributed by atoms with Gasteiger partial charge >= 0.3 is 0 Å². The Labute approximate surface area is 150 Å². The summed E-state index contributed by atoms with van der Waals surface area (Å²) in [6.45, 7) is 9.35. The fourth-order valence-electron chi connectivity index (χ4n) is 2.32. The van der Waals surface area contributed by atoms with Crippen LogP contribution in [0.15, 0.2) is 48.5 Å². The molecule has 0 aliphatic heterocycles. The molecule has 1 amide bonds. The minimum Gasteiger partial charge on any atom is -0.492 e. The van der Waals surface area contributed by atoms with Gasteiger partial charge in [-0.2, -0.15) is 0 Å². The molecule has 0 atom stereocenters. The van der Waals surface area contributed by atoms with Gasteiger partial charge in [0.25, 0.3) is 5.91 Å². The standard InChI is InChI=1S/C21H27NO3/c1-16-7-5-6-8-19(16)25-15-20(23)22-13-14-24-18-11-9-17(10-12-18)21(2,3)4/h5-12H,13-15H2,1-4H3,(H,22,23). The molecular weight excluding hydrogens is 314 g/mol. The van der Waals surface area contributed by atoms with E-state index in [1.165, 1.54) is 5.56 Å². The van der Waals surface area contributed by atoms with Crippen LogP contribution in [0.3, 0.4) is 0 Å². The van der Waals surface area contributed by atoms with Crippen molar-refractivity contribution in [3.63, 3.8) is 0 Å². The number of carbonyl (C=O) groups excluding carboxylic acids is 1. The third-order valence-electron chi connectivity index (χ3n) is 3.87. The number of amides is 1. The zero-order valence-electron chi connectivity index (χ0n) is 15.5. The quantitative estimate of drug-likeness (QED) is 0.778. The second-order valence-electron chi connectivity index (χ2n) is 7.03. The second kappa shape index (κ2) is 8.56. The van der Waals surface area contributed by atoms with Gasteiger partial charge in [-0.15, -0.1) is 0 Å². The fourth-order valence-corrected chi connectivity index (χ4v) is 2.32. The molecule has 0 heterocycles. The summed E-state index contributed by atoms with van der Waals surface area (Å²) in [7, 11) is 0. The van der Waals surface area contributed by atoms with Crippen molar-refractivity contribution in [3.05, 3.63) is 59.7 Å². The minimum atomic E-state index is -0.157. The summed E-state index contributed by atoms with van der Waals surface area (Å²) in [5.74, 6) is 1.38. The Hall–Kier alpha value is -2.49. The lowest BCUT2D eigenvalue weighted by Crippen LogP contribution is -2.32. The van der Waals surface area contributed by atoms with E-state index in [2.05, 4.69) is 38.2 Å². The average molecular weight is 341 g/mol. The van der Waals surface area contributed by atoms with E-state index in [0.29, 0.717) is 13.2 Å². The van der Waals surface area contributed by atoms with E-state index >= 15 is 0 Å². The van der Waals surface area contributed by atoms with Crippen LogP contribution in [0.2, 0.25) is 0 Å². The lowest BCUT2D eigenvalue weighted by molar-refractivity contribution is -0.123. The highest BCUT2D eigenvalue weighted by Gasteiger charge is 2.12. The number of para-hydroxylation sites is 1. The first kappa shape index (κ1) is 18.8. The average Bonchev–Trinajstić information content (AvgIpc) is 2.57. The summed E-state index contributed by atoms with van der Waals surface area (Å²) in [4.78, 5) is 11.8. The lowest BCUT2D eigenvalue weighted by Gasteiger charge is -2.19. The Bertz CT molecular complexity index is 687. The minimum absolute atomic E-state index is 0.00509. The van der Waals surface area contributed by atoms with Gasteiger partial charge in [0.1, 0.15) is 18.1 Å². The number of hydrogen-bond acceptors (Lipinski definition) is 3. The molecule has 0 fully saturated rings. The van der Waals surface area contributed by atoms with Gasteiger partial charge in [-0.3, -0.25) is 4.79 Å². The van der Waals surface area contributed by atoms with Crippen molar-refractivity contribution in [2.45, 2.75) is 33.1 Å². The second-order valence-corrected chi connectivity index (χ2v) is 7.03. The van der Waals surface area contributed by atoms with Crippen molar-refractivity contribution >= 4 is 5.91 Å². The van der Waals surface area contributed by atoms with Crippen LogP contribution >= 0.6 is 0 Å². The van der Waals surface area contributed by atoms with Crippen molar-refractivity contribution in [2.75, 3.05) is 19.8 Å². The van der Waals surface area contributed by atoms with Crippen LogP contribution in [0.1, 0.15) is 31.9 Å². The Morgan fingerprint density at radius 1 is 1.00 bits per heavy atom. The monoisotopic (exact) mass is 341 g/mol. The van der Waals surface area contributed by atoms with Crippen LogP contribution in [0.4, 0.5) is 0 Å². The van der Waals surface area contributed by atoms with Gasteiger partial charge in [0.05, 0.1) is 6.54 Å². The highest BCUT2D eigenvalue weighted by atomic mass is 16.5. The molecule has 0 aromatic heterocycles. The normalized spacial score (nSPS) is 11.0. The number of carbonyl (C=O) groups is 1. The van der Waals surface area contributed by atoms with E-state index in [9.17, 15) is 4.79 Å². The summed E-state index contributed by atoms with van der Waals surface area (Å²) in [5.41, 5.74) is 2.41. The summed E-state index contributed by atoms with van der Waals surface area (Å²) < 4.78 is 11.2. The molecule has 2 rings (SSSR count). The SMILES string of the molecule is Cc1ccccc1OCC(=O)NCCOc1ccc(C(C)(C)C)cc1. The molecule has 0 unspecified atom stereocenters. The predicted octanol–water partition coefficient (Wildman–Crippen LogP) is 3.87. The van der Waals surface area contributed by atoms with E-state index in [0.717, 1.165) is 17.1 Å². The lowest BCUT2D eigenvalue weighted by atomic mass is 9.87. The molecule has 4 heteroatoms. The number of rotatable bonds is 7. The molecule has 0 saturated carbocycles. The summed E-state index contributed by atoms with van der Waals surface area (Å²) in [6, 6.07) is 15.7. The molecule has 0 aliphatic carbocycles. The van der Waals surface area contributed by atoms with Crippen molar-refractivity contribution in [2.24, 2.45) is 0 Å². The molecular formula is C21H27NO3. The van der Waals surface area contributed by atoms with Gasteiger partial charge < -0.3 is 14.8 Å². The maximum atomic E-state index is 11.8. The molecule has 0 saturated heterocycles. The fraction of sp³-hybridized carbons (Fsp3) is 0.381. The van der Waals surface area contributed by atoms with Gasteiger partial charge in [0.15, 0.2) is 6.61 Å². The molecule has 0 spiro atoms. The smallest absolute Gasteiger partial charge is 0.258 e. The van der Waals surface area contributed by atoms with E-state index in [4.69, 9.17) is 9.47 Å². The number of aryl methyl sites for hydroxylation is 1. The highest BCUT2D eigenvalue weighted by molar-refractivity contribution is 5.77. The largest absolute Gasteiger partial charge is 0.492 e. The van der Waals surface area contributed by atoms with E-state index in [-0.39, 0.29) is 17.9 Å². The maximum absolute atomic E-state index is 11.8. The molecule has 0 bridgehead atoms. The Morgan fingerprint density at radius 2 is 1.68 bits per heavy atom. The molecule has 0 radical (unpaired) electrons. The zero-order valence-corrected chi connectivity index (χ0v) is 15.5. The molecule has 2 aromatic rings. The van der Waals surface area contributed by atoms with Crippen molar-refractivity contribution < 1.29 is 14.3 Å². The third kappa shape index (κ3) is 6.14. The van der Waals surface area contributed by atoms with Crippen LogP contribution < -0.4 is 14.8 Å². The van der Waals surface area contributed by atoms with E-state index < -0.39 is 0 Å². The number of nitrogens with one attached hydrogen (secondary N) is 1. The van der Waals surface area contributed by atoms with Crippen molar-refractivity contribution in [1.29, 1.82) is 0 Å². The predicted molar refractivity (Wildman–Crippen MR) is 100 cm³/mol. The summed E-state index contributed by atoms with van der Waals surface area (Å²) >= 11 is 0. The van der Waals surface area contributed by atoms with E-state index in [1.54, 1.807) is 0 Å². The first-order valence-corrected chi connectivity index (χ1v) is 8.55. The number of ether oxygens (including phenoxy) is 2. The number of benzene rings is 2. The Morgan fingerprint density at radius 3 is 2.32 bits per heavy atom. The summed E-state index contributed by atoms with van der Waals surface area (Å²) in [6.07, 6.45) is 0. The zero-order chi connectivity index (χ0) is 18.3. The number of hydrogen-bond donors (Lipinski definition) is 1. The van der Waals surface area contributed by atoms with Crippen molar-refractivity contribution in [1.82, 2.24) is 5.32 Å². The molecule has 25 heavy (non-hydrogen) atoms. The maximum Gasteiger partial charge on any atom is 0.258 e. The first-order chi connectivity index (χ1) is 11.9. The molecule has 134 valence electrons. The van der Waals surface area contributed by atoms with Crippen LogP contribution in [0, 0.1) is 6.92 Å². The molecule has 2 aromatic carbocycles. The van der Waals surface area contributed by atoms with E-state index in [1.807, 2.05) is 43.3 Å². The van der Waals surface area contributed by atoms with Gasteiger partial charge in [0.2, 0.25) is 0 Å². The van der Waals surface area contributed by atoms with Crippen LogP contribution in [0.5, 0.6) is 11.5 Å². The third-order valence-corrected chi connectivity index (χ3v) is 3.87. The Kier molecular flexibility index (Phi) is 6.45. The van der Waals surface area contributed by atoms with Crippen LogP contribution in [-0.4, -0.2) is 25.7 Å². The highest BCUT2D eigenvalue weighted by Crippen LogP contribution is 2.24. The van der Waals surface area contributed by atoms with Gasteiger partial charge in [-0.05, 0) is 41.7 Å². The van der Waals surface area contributed by atoms with Gasteiger partial charge in [-0.1, -0.05) is 51.1 Å². The topological polar surface area (TPSA) is 47.6 Å². The van der Waals surface area contributed by atoms with Gasteiger partial charge in [0, 0.05) is 0 Å². The van der Waals surface area contributed by atoms with Gasteiger partial charge in [-0.25, -0.2) is 0 Å². The van der Waals surface area contributed by atoms with Crippen LogP contribution in [0.25, 0.3) is 0 Å². The first-order valence-electron chi connectivity index (χ1n) is 8.55. The summed E-state index contributed by atoms with van der Waals surface area (Å²) in [5, 5.41) is 2.79. The van der Waals surface area contributed by atoms with Crippen LogP contribution in [-0.2, 0) is 10.2 Å². The Balaban J connectivity index is 1.67.